The molecule has 192 valence electrons. The zero-order valence-electron chi connectivity index (χ0n) is 21.1. The second kappa shape index (κ2) is 11.9. The molecule has 3 N–H and O–H groups in total. The molecule has 7 heteroatoms. The molecule has 0 aromatic heterocycles. The molecule has 0 spiro atoms. The lowest BCUT2D eigenvalue weighted by molar-refractivity contribution is -0.116. The van der Waals surface area contributed by atoms with Gasteiger partial charge in [-0.25, -0.2) is 0 Å². The van der Waals surface area contributed by atoms with Crippen molar-refractivity contribution in [2.75, 3.05) is 31.6 Å². The van der Waals surface area contributed by atoms with E-state index in [4.69, 9.17) is 10.1 Å². The molecular formula is C31H30N4O3. The van der Waals surface area contributed by atoms with Gasteiger partial charge in [-0.3, -0.25) is 19.5 Å². The van der Waals surface area contributed by atoms with Crippen molar-refractivity contribution in [1.29, 1.82) is 0 Å². The molecule has 1 unspecified atom stereocenters. The summed E-state index contributed by atoms with van der Waals surface area (Å²) < 4.78 is 0. The highest BCUT2D eigenvalue weighted by Gasteiger charge is 2.35. The van der Waals surface area contributed by atoms with Gasteiger partial charge in [0.25, 0.3) is 5.91 Å². The van der Waals surface area contributed by atoms with Crippen LogP contribution in [0.2, 0.25) is 0 Å². The van der Waals surface area contributed by atoms with Crippen LogP contribution in [-0.4, -0.2) is 53.8 Å². The molecule has 1 saturated heterocycles. The number of nitrogens with zero attached hydrogens (tertiary/aromatic N) is 2. The van der Waals surface area contributed by atoms with Crippen LogP contribution in [0.1, 0.15) is 41.0 Å². The van der Waals surface area contributed by atoms with Crippen molar-refractivity contribution in [3.63, 3.8) is 0 Å². The van der Waals surface area contributed by atoms with Gasteiger partial charge in [0.15, 0.2) is 0 Å². The summed E-state index contributed by atoms with van der Waals surface area (Å²) in [7, 11) is 0. The number of hydrogen-bond donors (Lipinski definition) is 3. The van der Waals surface area contributed by atoms with Gasteiger partial charge in [0.1, 0.15) is 5.92 Å². The number of amides is 2. The first-order valence-corrected chi connectivity index (χ1v) is 12.9. The number of benzene rings is 3. The van der Waals surface area contributed by atoms with Crippen molar-refractivity contribution < 1.29 is 14.7 Å². The summed E-state index contributed by atoms with van der Waals surface area (Å²) in [6.07, 6.45) is 2.53. The minimum atomic E-state index is -0.577. The van der Waals surface area contributed by atoms with Crippen LogP contribution >= 0.6 is 0 Å². The van der Waals surface area contributed by atoms with Gasteiger partial charge in [0, 0.05) is 30.3 Å². The van der Waals surface area contributed by atoms with Crippen molar-refractivity contribution in [2.45, 2.75) is 25.3 Å². The van der Waals surface area contributed by atoms with Gasteiger partial charge in [-0.15, -0.1) is 0 Å². The van der Waals surface area contributed by atoms with E-state index in [1.807, 2.05) is 48.5 Å². The lowest BCUT2D eigenvalue weighted by atomic mass is 9.90. The molecule has 38 heavy (non-hydrogen) atoms. The van der Waals surface area contributed by atoms with E-state index in [0.717, 1.165) is 36.4 Å². The molecule has 1 atom stereocenters. The Kier molecular flexibility index (Phi) is 7.93. The molecule has 2 aliphatic heterocycles. The summed E-state index contributed by atoms with van der Waals surface area (Å²) in [5.74, 6) is 4.12. The number of anilines is 1. The summed E-state index contributed by atoms with van der Waals surface area (Å²) in [6, 6.07) is 23.5. The molecule has 7 nitrogen and oxygen atoms in total. The Morgan fingerprint density at radius 1 is 1.05 bits per heavy atom. The van der Waals surface area contributed by atoms with Crippen LogP contribution in [0, 0.1) is 11.8 Å². The number of aliphatic imine (C=N–C) groups is 1. The third-order valence-electron chi connectivity index (χ3n) is 6.74. The molecule has 2 aliphatic rings. The summed E-state index contributed by atoms with van der Waals surface area (Å²) in [4.78, 5) is 32.5. The van der Waals surface area contributed by atoms with Gasteiger partial charge >= 0.3 is 0 Å². The molecule has 0 radical (unpaired) electrons. The van der Waals surface area contributed by atoms with Crippen LogP contribution in [0.5, 0.6) is 0 Å². The average molecular weight is 507 g/mol. The number of fused-ring (bicyclic) bond motifs is 1. The van der Waals surface area contributed by atoms with Gasteiger partial charge in [0.05, 0.1) is 18.0 Å². The smallest absolute Gasteiger partial charge is 0.296 e. The Balaban J connectivity index is 1.43. The number of likely N-dealkylation sites (tertiary alicyclic amines) is 1. The predicted octanol–water partition coefficient (Wildman–Crippen LogP) is 3.60. The molecule has 5 rings (SSSR count). The van der Waals surface area contributed by atoms with Crippen LogP contribution < -0.4 is 10.6 Å². The topological polar surface area (TPSA) is 94.0 Å². The van der Waals surface area contributed by atoms with E-state index in [-0.39, 0.29) is 19.1 Å². The first-order chi connectivity index (χ1) is 18.6. The van der Waals surface area contributed by atoms with Gasteiger partial charge < -0.3 is 15.7 Å². The summed E-state index contributed by atoms with van der Waals surface area (Å²) in [5.41, 5.74) is 5.70. The molecule has 0 saturated carbocycles. The second-order valence-electron chi connectivity index (χ2n) is 9.47. The van der Waals surface area contributed by atoms with Gasteiger partial charge in [-0.1, -0.05) is 54.5 Å². The number of rotatable bonds is 7. The van der Waals surface area contributed by atoms with Crippen LogP contribution in [0.4, 0.5) is 11.4 Å². The van der Waals surface area contributed by atoms with E-state index in [2.05, 4.69) is 39.5 Å². The summed E-state index contributed by atoms with van der Waals surface area (Å²) in [5, 5.41) is 14.3. The van der Waals surface area contributed by atoms with Crippen LogP contribution in [-0.2, 0) is 16.1 Å². The van der Waals surface area contributed by atoms with E-state index in [1.165, 1.54) is 18.4 Å². The zero-order valence-corrected chi connectivity index (χ0v) is 21.1. The highest BCUT2D eigenvalue weighted by molar-refractivity contribution is 6.24. The fourth-order valence-corrected chi connectivity index (χ4v) is 4.87. The number of aliphatic hydroxyl groups is 1. The number of nitrogens with one attached hydrogen (secondary N) is 2. The standard InChI is InChI=1S/C31H30N4O3/c36-19-16-32-28(37)15-11-22-10-14-26-27(20-22)34-31(38)29(26)30(24-6-2-1-3-7-24)33-25-12-8-23(9-13-25)21-35-17-4-5-18-35/h1-3,6-10,12-14,20,29,36H,4-5,16-19,21H2,(H,32,37)(H,34,38). The Morgan fingerprint density at radius 3 is 2.55 bits per heavy atom. The van der Waals surface area contributed by atoms with Crippen molar-refractivity contribution in [3.05, 3.63) is 95.1 Å². The van der Waals surface area contributed by atoms with Gasteiger partial charge in [-0.2, -0.15) is 0 Å². The van der Waals surface area contributed by atoms with Crippen LogP contribution in [0.25, 0.3) is 0 Å². The molecule has 0 aliphatic carbocycles. The first-order valence-electron chi connectivity index (χ1n) is 12.9. The lowest BCUT2D eigenvalue weighted by Gasteiger charge is -2.15. The Morgan fingerprint density at radius 2 is 1.82 bits per heavy atom. The Labute approximate surface area is 222 Å². The van der Waals surface area contributed by atoms with Gasteiger partial charge in [0.2, 0.25) is 5.91 Å². The van der Waals surface area contributed by atoms with Crippen molar-refractivity contribution in [1.82, 2.24) is 10.2 Å². The predicted molar refractivity (Wildman–Crippen MR) is 148 cm³/mol. The maximum absolute atomic E-state index is 13.3. The summed E-state index contributed by atoms with van der Waals surface area (Å²) >= 11 is 0. The van der Waals surface area contributed by atoms with E-state index in [9.17, 15) is 9.59 Å². The molecule has 3 aromatic rings. The molecule has 0 bridgehead atoms. The third-order valence-corrected chi connectivity index (χ3v) is 6.74. The molecule has 3 aromatic carbocycles. The molecule has 2 amide bonds. The highest BCUT2D eigenvalue weighted by atomic mass is 16.3. The molecule has 2 heterocycles. The highest BCUT2D eigenvalue weighted by Crippen LogP contribution is 2.37. The fraction of sp³-hybridized carbons (Fsp3) is 0.258. The third kappa shape index (κ3) is 6.00. The van der Waals surface area contributed by atoms with Crippen molar-refractivity contribution in [3.8, 4) is 11.8 Å². The molecule has 1 fully saturated rings. The minimum Gasteiger partial charge on any atom is -0.395 e. The van der Waals surface area contributed by atoms with E-state index in [0.29, 0.717) is 17.0 Å². The summed E-state index contributed by atoms with van der Waals surface area (Å²) in [6.45, 7) is 3.26. The van der Waals surface area contributed by atoms with E-state index < -0.39 is 11.8 Å². The normalized spacial score (nSPS) is 16.9. The second-order valence-corrected chi connectivity index (χ2v) is 9.47. The van der Waals surface area contributed by atoms with Crippen molar-refractivity contribution in [2.24, 2.45) is 4.99 Å². The number of hydrogen-bond acceptors (Lipinski definition) is 5. The van der Waals surface area contributed by atoms with Crippen LogP contribution in [0.15, 0.2) is 77.8 Å². The zero-order chi connectivity index (χ0) is 26.3. The number of carbonyl (C=O) groups is 2. The largest absolute Gasteiger partial charge is 0.395 e. The quantitative estimate of drug-likeness (QED) is 0.337. The maximum atomic E-state index is 13.3. The van der Waals surface area contributed by atoms with E-state index >= 15 is 0 Å². The minimum absolute atomic E-state index is 0.145. The van der Waals surface area contributed by atoms with Crippen molar-refractivity contribution >= 4 is 28.9 Å². The maximum Gasteiger partial charge on any atom is 0.296 e. The van der Waals surface area contributed by atoms with Gasteiger partial charge in [-0.05, 0) is 66.9 Å². The number of carbonyl (C=O) groups excluding carboxylic acids is 2. The Hall–Kier alpha value is -4.25. The SMILES string of the molecule is O=C(C#Cc1ccc2c(c1)NC(=O)C2C(=Nc1ccc(CN2CCCC2)cc1)c1ccccc1)NCCO. The van der Waals surface area contributed by atoms with E-state index in [1.54, 1.807) is 12.1 Å². The Bertz CT molecular complexity index is 1400. The lowest BCUT2D eigenvalue weighted by Crippen LogP contribution is -2.24. The number of aliphatic hydroxyl groups excluding tert-OH is 1. The van der Waals surface area contributed by atoms with Crippen LogP contribution in [0.3, 0.4) is 0 Å². The monoisotopic (exact) mass is 506 g/mol. The fourth-order valence-electron chi connectivity index (χ4n) is 4.87. The molecular weight excluding hydrogens is 476 g/mol. The first kappa shape index (κ1) is 25.4. The average Bonchev–Trinajstić information content (AvgIpc) is 3.57.